The molecule has 1 aliphatic carbocycles. The summed E-state index contributed by atoms with van der Waals surface area (Å²) in [5.74, 6) is 0. The van der Waals surface area contributed by atoms with Gasteiger partial charge in [-0.2, -0.15) is 0 Å². The Morgan fingerprint density at radius 2 is 2.33 bits per heavy atom. The lowest BCUT2D eigenvalue weighted by molar-refractivity contribution is 0.907. The van der Waals surface area contributed by atoms with Crippen LogP contribution in [0, 0.1) is 0 Å². The summed E-state index contributed by atoms with van der Waals surface area (Å²) in [6, 6.07) is 4.81. The molecule has 0 aliphatic heterocycles. The SMILES string of the molecule is CN(c1cccnc1Br)C1CC1. The standard InChI is InChI=1S/C9H11BrN2/c1-12(7-4-5-7)8-3-2-6-11-9(8)10/h2-3,6-7H,4-5H2,1H3. The molecule has 2 nitrogen and oxygen atoms in total. The molecule has 1 heterocycles. The van der Waals surface area contributed by atoms with E-state index in [4.69, 9.17) is 0 Å². The number of rotatable bonds is 2. The van der Waals surface area contributed by atoms with Gasteiger partial charge in [-0.25, -0.2) is 4.98 Å². The summed E-state index contributed by atoms with van der Waals surface area (Å²) in [4.78, 5) is 6.47. The molecule has 0 unspecified atom stereocenters. The summed E-state index contributed by atoms with van der Waals surface area (Å²) in [5.41, 5.74) is 1.19. The maximum atomic E-state index is 4.19. The zero-order valence-corrected chi connectivity index (χ0v) is 8.58. The van der Waals surface area contributed by atoms with Crippen LogP contribution in [0.4, 0.5) is 5.69 Å². The average molecular weight is 227 g/mol. The number of anilines is 1. The molecule has 3 heteroatoms. The Bertz CT molecular complexity index is 284. The minimum absolute atomic E-state index is 0.741. The highest BCUT2D eigenvalue weighted by Crippen LogP contribution is 2.32. The molecule has 0 amide bonds. The summed E-state index contributed by atoms with van der Waals surface area (Å²) in [6.45, 7) is 0. The third-order valence-corrected chi connectivity index (χ3v) is 2.82. The Hall–Kier alpha value is -0.570. The van der Waals surface area contributed by atoms with Gasteiger partial charge in [-0.05, 0) is 40.9 Å². The summed E-state index contributed by atoms with van der Waals surface area (Å²) in [7, 11) is 2.12. The van der Waals surface area contributed by atoms with Crippen LogP contribution in [0.3, 0.4) is 0 Å². The summed E-state index contributed by atoms with van der Waals surface area (Å²) < 4.78 is 0.944. The van der Waals surface area contributed by atoms with E-state index >= 15 is 0 Å². The van der Waals surface area contributed by atoms with Gasteiger partial charge in [0.15, 0.2) is 0 Å². The van der Waals surface area contributed by atoms with E-state index in [9.17, 15) is 0 Å². The molecule has 0 bridgehead atoms. The van der Waals surface area contributed by atoms with Gasteiger partial charge in [-0.1, -0.05) is 0 Å². The smallest absolute Gasteiger partial charge is 0.129 e. The van der Waals surface area contributed by atoms with Crippen molar-refractivity contribution >= 4 is 21.6 Å². The fraction of sp³-hybridized carbons (Fsp3) is 0.444. The molecule has 1 aromatic rings. The molecular formula is C9H11BrN2. The molecule has 0 N–H and O–H groups in total. The normalized spacial score (nSPS) is 16.2. The number of hydrogen-bond donors (Lipinski definition) is 0. The molecule has 64 valence electrons. The molecule has 12 heavy (non-hydrogen) atoms. The summed E-state index contributed by atoms with van der Waals surface area (Å²) in [5, 5.41) is 0. The highest BCUT2D eigenvalue weighted by Gasteiger charge is 2.27. The second-order valence-electron chi connectivity index (χ2n) is 3.16. The van der Waals surface area contributed by atoms with Crippen LogP contribution < -0.4 is 4.90 Å². The maximum absolute atomic E-state index is 4.19. The third-order valence-electron chi connectivity index (χ3n) is 2.21. The van der Waals surface area contributed by atoms with E-state index in [0.29, 0.717) is 0 Å². The van der Waals surface area contributed by atoms with Crippen LogP contribution in [0.1, 0.15) is 12.8 Å². The van der Waals surface area contributed by atoms with Crippen LogP contribution >= 0.6 is 15.9 Å². The van der Waals surface area contributed by atoms with Crippen molar-refractivity contribution in [3.63, 3.8) is 0 Å². The van der Waals surface area contributed by atoms with Crippen molar-refractivity contribution in [2.24, 2.45) is 0 Å². The molecular weight excluding hydrogens is 216 g/mol. The molecule has 0 saturated heterocycles. The number of nitrogens with zero attached hydrogens (tertiary/aromatic N) is 2. The van der Waals surface area contributed by atoms with E-state index in [2.05, 4.69) is 38.9 Å². The van der Waals surface area contributed by atoms with Crippen LogP contribution in [0.25, 0.3) is 0 Å². The number of halogens is 1. The molecule has 0 radical (unpaired) electrons. The van der Waals surface area contributed by atoms with E-state index in [0.717, 1.165) is 10.6 Å². The van der Waals surface area contributed by atoms with Crippen LogP contribution in [-0.4, -0.2) is 18.1 Å². The Balaban J connectivity index is 2.25. The minimum Gasteiger partial charge on any atom is -0.369 e. The van der Waals surface area contributed by atoms with E-state index < -0.39 is 0 Å². The van der Waals surface area contributed by atoms with Gasteiger partial charge >= 0.3 is 0 Å². The van der Waals surface area contributed by atoms with Crippen molar-refractivity contribution in [1.82, 2.24) is 4.98 Å². The quantitative estimate of drug-likeness (QED) is 0.721. The van der Waals surface area contributed by atoms with Crippen LogP contribution in [0.5, 0.6) is 0 Å². The first-order valence-corrected chi connectivity index (χ1v) is 4.91. The van der Waals surface area contributed by atoms with Crippen molar-refractivity contribution in [2.75, 3.05) is 11.9 Å². The van der Waals surface area contributed by atoms with Gasteiger partial charge in [-0.3, -0.25) is 0 Å². The molecule has 0 atom stereocenters. The van der Waals surface area contributed by atoms with Crippen molar-refractivity contribution in [3.8, 4) is 0 Å². The fourth-order valence-corrected chi connectivity index (χ4v) is 1.83. The van der Waals surface area contributed by atoms with Gasteiger partial charge in [0, 0.05) is 19.3 Å². The average Bonchev–Trinajstić information content (AvgIpc) is 2.86. The monoisotopic (exact) mass is 226 g/mol. The largest absolute Gasteiger partial charge is 0.369 e. The van der Waals surface area contributed by atoms with Crippen LogP contribution in [0.2, 0.25) is 0 Å². The third kappa shape index (κ3) is 1.46. The minimum atomic E-state index is 0.741. The molecule has 1 saturated carbocycles. The summed E-state index contributed by atoms with van der Waals surface area (Å²) >= 11 is 3.44. The Labute approximate surface area is 80.7 Å². The van der Waals surface area contributed by atoms with Crippen molar-refractivity contribution in [1.29, 1.82) is 0 Å². The molecule has 1 aromatic heterocycles. The lowest BCUT2D eigenvalue weighted by atomic mass is 10.4. The lowest BCUT2D eigenvalue weighted by Crippen LogP contribution is -2.19. The lowest BCUT2D eigenvalue weighted by Gasteiger charge is -2.18. The molecule has 1 aliphatic rings. The number of hydrogen-bond acceptors (Lipinski definition) is 2. The van der Waals surface area contributed by atoms with Crippen LogP contribution in [-0.2, 0) is 0 Å². The fourth-order valence-electron chi connectivity index (χ4n) is 1.30. The van der Waals surface area contributed by atoms with Crippen molar-refractivity contribution in [3.05, 3.63) is 22.9 Å². The zero-order valence-electron chi connectivity index (χ0n) is 7.00. The highest BCUT2D eigenvalue weighted by atomic mass is 79.9. The van der Waals surface area contributed by atoms with Crippen molar-refractivity contribution < 1.29 is 0 Å². The molecule has 0 spiro atoms. The number of pyridine rings is 1. The predicted molar refractivity (Wildman–Crippen MR) is 53.4 cm³/mol. The second kappa shape index (κ2) is 3.05. The van der Waals surface area contributed by atoms with Gasteiger partial charge in [0.25, 0.3) is 0 Å². The van der Waals surface area contributed by atoms with Crippen LogP contribution in [0.15, 0.2) is 22.9 Å². The Morgan fingerprint density at radius 3 is 2.92 bits per heavy atom. The van der Waals surface area contributed by atoms with E-state index in [1.807, 2.05) is 6.07 Å². The van der Waals surface area contributed by atoms with Gasteiger partial charge in [-0.15, -0.1) is 0 Å². The first-order chi connectivity index (χ1) is 5.79. The van der Waals surface area contributed by atoms with Gasteiger partial charge in [0.2, 0.25) is 0 Å². The molecule has 2 rings (SSSR count). The highest BCUT2D eigenvalue weighted by molar-refractivity contribution is 9.10. The number of aromatic nitrogens is 1. The Morgan fingerprint density at radius 1 is 1.58 bits per heavy atom. The van der Waals surface area contributed by atoms with E-state index in [1.54, 1.807) is 6.20 Å². The predicted octanol–water partition coefficient (Wildman–Crippen LogP) is 2.44. The van der Waals surface area contributed by atoms with E-state index in [1.165, 1.54) is 18.5 Å². The molecule has 0 aromatic carbocycles. The first-order valence-electron chi connectivity index (χ1n) is 4.12. The van der Waals surface area contributed by atoms with Gasteiger partial charge < -0.3 is 4.90 Å². The van der Waals surface area contributed by atoms with Gasteiger partial charge in [0.05, 0.1) is 5.69 Å². The van der Waals surface area contributed by atoms with Gasteiger partial charge in [0.1, 0.15) is 4.60 Å². The molecule has 1 fully saturated rings. The van der Waals surface area contributed by atoms with Crippen molar-refractivity contribution in [2.45, 2.75) is 18.9 Å². The first kappa shape index (κ1) is 8.05. The second-order valence-corrected chi connectivity index (χ2v) is 3.91. The van der Waals surface area contributed by atoms with E-state index in [-0.39, 0.29) is 0 Å². The maximum Gasteiger partial charge on any atom is 0.129 e. The summed E-state index contributed by atoms with van der Waals surface area (Å²) in [6.07, 6.45) is 4.43. The zero-order chi connectivity index (χ0) is 8.55. The Kier molecular flexibility index (Phi) is 2.05. The topological polar surface area (TPSA) is 16.1 Å².